The fourth-order valence-corrected chi connectivity index (χ4v) is 4.73. The highest BCUT2D eigenvalue weighted by Gasteiger charge is 2.31. The van der Waals surface area contributed by atoms with Gasteiger partial charge in [-0.3, -0.25) is 9.69 Å². The molecule has 0 aliphatic carbocycles. The normalized spacial score (nSPS) is 16.6. The quantitative estimate of drug-likeness (QED) is 0.507. The van der Waals surface area contributed by atoms with Crippen molar-refractivity contribution < 1.29 is 22.7 Å². The van der Waals surface area contributed by atoms with Gasteiger partial charge in [0.1, 0.15) is 5.75 Å². The minimum Gasteiger partial charge on any atom is -0.497 e. The predicted molar refractivity (Wildman–Crippen MR) is 126 cm³/mol. The van der Waals surface area contributed by atoms with Crippen LogP contribution in [0.1, 0.15) is 42.4 Å². The average molecular weight is 476 g/mol. The van der Waals surface area contributed by atoms with Crippen molar-refractivity contribution in [3.63, 3.8) is 0 Å². The third-order valence-corrected chi connectivity index (χ3v) is 6.76. The maximum Gasteiger partial charge on any atom is 0.416 e. The first-order valence-electron chi connectivity index (χ1n) is 11.9. The molecule has 1 saturated heterocycles. The molecule has 0 bridgehead atoms. The van der Waals surface area contributed by atoms with E-state index in [2.05, 4.69) is 4.90 Å². The Kier molecular flexibility index (Phi) is 7.66. The van der Waals surface area contributed by atoms with Crippen molar-refractivity contribution in [2.24, 2.45) is 0 Å². The Labute approximate surface area is 199 Å². The van der Waals surface area contributed by atoms with Crippen molar-refractivity contribution in [2.75, 3.05) is 44.7 Å². The minimum atomic E-state index is -4.31. The summed E-state index contributed by atoms with van der Waals surface area (Å²) < 4.78 is 44.2. The summed E-state index contributed by atoms with van der Waals surface area (Å²) in [5.74, 6) is 1.02. The Bertz CT molecular complexity index is 987. The molecule has 1 amide bonds. The molecular weight excluding hydrogens is 443 g/mol. The smallest absolute Gasteiger partial charge is 0.416 e. The zero-order chi connectivity index (χ0) is 24.1. The molecule has 5 nitrogen and oxygen atoms in total. The van der Waals surface area contributed by atoms with E-state index in [0.29, 0.717) is 25.2 Å². The first-order chi connectivity index (χ1) is 16.3. The van der Waals surface area contributed by atoms with Crippen LogP contribution in [0, 0.1) is 0 Å². The fraction of sp³-hybridized carbons (Fsp3) is 0.500. The Balaban J connectivity index is 1.12. The number of piperazine rings is 1. The number of nitrogens with zero attached hydrogens (tertiary/aromatic N) is 3. The van der Waals surface area contributed by atoms with Gasteiger partial charge >= 0.3 is 6.18 Å². The van der Waals surface area contributed by atoms with Gasteiger partial charge in [-0.25, -0.2) is 0 Å². The number of unbranched alkanes of at least 4 members (excludes halogenated alkanes) is 2. The van der Waals surface area contributed by atoms with Crippen molar-refractivity contribution in [1.82, 2.24) is 9.80 Å². The molecule has 0 saturated carbocycles. The molecule has 4 rings (SSSR count). The first kappa shape index (κ1) is 24.4. The van der Waals surface area contributed by atoms with E-state index in [1.807, 2.05) is 28.0 Å². The van der Waals surface area contributed by atoms with Crippen LogP contribution in [0.15, 0.2) is 42.5 Å². The number of fused-ring (bicyclic) bond motifs is 1. The van der Waals surface area contributed by atoms with Gasteiger partial charge in [0.2, 0.25) is 5.91 Å². The van der Waals surface area contributed by atoms with E-state index in [-0.39, 0.29) is 5.91 Å². The SMILES string of the molecule is COc1ccc2c(c1)CN(C(=O)CCCCCN1CCN(c3cccc(C(F)(F)F)c3)CC1)C2. The lowest BCUT2D eigenvalue weighted by Crippen LogP contribution is -2.46. The minimum absolute atomic E-state index is 0.199. The standard InChI is InChI=1S/C26H32F3N3O2/c1-34-24-10-9-20-18-32(19-21(20)16-24)25(33)8-3-2-4-11-30-12-14-31(15-13-30)23-7-5-6-22(17-23)26(27,28)29/h5-7,9-10,16-17H,2-4,8,11-15,18-19H2,1H3. The lowest BCUT2D eigenvalue weighted by molar-refractivity contribution is -0.137. The van der Waals surface area contributed by atoms with Gasteiger partial charge in [0.05, 0.1) is 12.7 Å². The Morgan fingerprint density at radius 2 is 1.71 bits per heavy atom. The summed E-state index contributed by atoms with van der Waals surface area (Å²) in [5, 5.41) is 0. The molecule has 8 heteroatoms. The molecule has 0 spiro atoms. The number of amides is 1. The Hall–Kier alpha value is -2.74. The first-order valence-corrected chi connectivity index (χ1v) is 11.9. The number of carbonyl (C=O) groups is 1. The van der Waals surface area contributed by atoms with E-state index < -0.39 is 11.7 Å². The average Bonchev–Trinajstić information content (AvgIpc) is 3.27. The zero-order valence-corrected chi connectivity index (χ0v) is 19.6. The van der Waals surface area contributed by atoms with E-state index in [9.17, 15) is 18.0 Å². The topological polar surface area (TPSA) is 36.0 Å². The number of hydrogen-bond acceptors (Lipinski definition) is 4. The number of methoxy groups -OCH3 is 1. The number of rotatable bonds is 8. The number of anilines is 1. The molecule has 34 heavy (non-hydrogen) atoms. The van der Waals surface area contributed by atoms with Crippen LogP contribution in [0.2, 0.25) is 0 Å². The van der Waals surface area contributed by atoms with E-state index in [1.165, 1.54) is 17.7 Å². The highest BCUT2D eigenvalue weighted by Crippen LogP contribution is 2.32. The second kappa shape index (κ2) is 10.7. The number of carbonyl (C=O) groups excluding carboxylic acids is 1. The summed E-state index contributed by atoms with van der Waals surface area (Å²) in [5.41, 5.74) is 2.39. The van der Waals surface area contributed by atoms with Gasteiger partial charge in [-0.15, -0.1) is 0 Å². The molecular formula is C26H32F3N3O2. The molecule has 0 radical (unpaired) electrons. The third kappa shape index (κ3) is 6.03. The van der Waals surface area contributed by atoms with Gasteiger partial charge in [0.25, 0.3) is 0 Å². The highest BCUT2D eigenvalue weighted by molar-refractivity contribution is 5.77. The maximum atomic E-state index is 13.0. The van der Waals surface area contributed by atoms with Crippen molar-refractivity contribution in [3.8, 4) is 5.75 Å². The van der Waals surface area contributed by atoms with Crippen LogP contribution in [0.4, 0.5) is 18.9 Å². The van der Waals surface area contributed by atoms with Crippen LogP contribution in [0.3, 0.4) is 0 Å². The second-order valence-electron chi connectivity index (χ2n) is 9.07. The van der Waals surface area contributed by atoms with Crippen LogP contribution in [-0.2, 0) is 24.1 Å². The summed E-state index contributed by atoms with van der Waals surface area (Å²) in [6, 6.07) is 11.6. The number of benzene rings is 2. The molecule has 0 atom stereocenters. The van der Waals surface area contributed by atoms with Crippen LogP contribution >= 0.6 is 0 Å². The zero-order valence-electron chi connectivity index (χ0n) is 19.6. The highest BCUT2D eigenvalue weighted by atomic mass is 19.4. The van der Waals surface area contributed by atoms with Crippen LogP contribution in [0.25, 0.3) is 0 Å². The van der Waals surface area contributed by atoms with E-state index in [0.717, 1.165) is 69.4 Å². The summed E-state index contributed by atoms with van der Waals surface area (Å²) in [4.78, 5) is 18.9. The molecule has 184 valence electrons. The molecule has 2 aromatic rings. The van der Waals surface area contributed by atoms with Gasteiger partial charge in [-0.1, -0.05) is 18.6 Å². The Morgan fingerprint density at radius 1 is 0.941 bits per heavy atom. The third-order valence-electron chi connectivity index (χ3n) is 6.76. The molecule has 0 aromatic heterocycles. The molecule has 2 aliphatic heterocycles. The summed E-state index contributed by atoms with van der Waals surface area (Å²) in [6.07, 6.45) is -0.860. The number of alkyl halides is 3. The Morgan fingerprint density at radius 3 is 2.44 bits per heavy atom. The van der Waals surface area contributed by atoms with Crippen molar-refractivity contribution in [2.45, 2.75) is 44.9 Å². The van der Waals surface area contributed by atoms with Crippen molar-refractivity contribution in [1.29, 1.82) is 0 Å². The lowest BCUT2D eigenvalue weighted by Gasteiger charge is -2.36. The van der Waals surface area contributed by atoms with Crippen molar-refractivity contribution >= 4 is 11.6 Å². The van der Waals surface area contributed by atoms with Crippen molar-refractivity contribution in [3.05, 3.63) is 59.2 Å². The van der Waals surface area contributed by atoms with E-state index in [4.69, 9.17) is 4.74 Å². The van der Waals surface area contributed by atoms with Gasteiger partial charge in [0, 0.05) is 51.4 Å². The van der Waals surface area contributed by atoms with Gasteiger partial charge < -0.3 is 14.5 Å². The van der Waals surface area contributed by atoms with E-state index in [1.54, 1.807) is 13.2 Å². The number of hydrogen-bond donors (Lipinski definition) is 0. The monoisotopic (exact) mass is 475 g/mol. The van der Waals surface area contributed by atoms with Gasteiger partial charge in [-0.2, -0.15) is 13.2 Å². The molecule has 0 N–H and O–H groups in total. The molecule has 2 aliphatic rings. The summed E-state index contributed by atoms with van der Waals surface area (Å²) in [6.45, 7) is 5.41. The molecule has 1 fully saturated rings. The van der Waals surface area contributed by atoms with Gasteiger partial charge in [-0.05, 0) is 60.8 Å². The second-order valence-corrected chi connectivity index (χ2v) is 9.07. The number of halogens is 3. The molecule has 2 heterocycles. The van der Waals surface area contributed by atoms with Crippen LogP contribution < -0.4 is 9.64 Å². The fourth-order valence-electron chi connectivity index (χ4n) is 4.73. The molecule has 2 aromatic carbocycles. The largest absolute Gasteiger partial charge is 0.497 e. The van der Waals surface area contributed by atoms with Crippen LogP contribution in [-0.4, -0.2) is 55.5 Å². The summed E-state index contributed by atoms with van der Waals surface area (Å²) >= 11 is 0. The predicted octanol–water partition coefficient (Wildman–Crippen LogP) is 4.94. The van der Waals surface area contributed by atoms with Gasteiger partial charge in [0.15, 0.2) is 0 Å². The molecule has 0 unspecified atom stereocenters. The number of ether oxygens (including phenoxy) is 1. The lowest BCUT2D eigenvalue weighted by atomic mass is 10.1. The van der Waals surface area contributed by atoms with Crippen LogP contribution in [0.5, 0.6) is 5.75 Å². The van der Waals surface area contributed by atoms with E-state index >= 15 is 0 Å². The summed E-state index contributed by atoms with van der Waals surface area (Å²) in [7, 11) is 1.65. The maximum absolute atomic E-state index is 13.0.